The highest BCUT2D eigenvalue weighted by Crippen LogP contribution is 2.42. The second-order valence-electron chi connectivity index (χ2n) is 19.8. The molecule has 5 aromatic heterocycles. The number of benzene rings is 4. The van der Waals surface area contributed by atoms with Crippen LogP contribution in [0.15, 0.2) is 116 Å². The molecule has 0 spiro atoms. The van der Waals surface area contributed by atoms with Gasteiger partial charge in [-0.1, -0.05) is 37.4 Å². The van der Waals surface area contributed by atoms with Crippen LogP contribution >= 0.6 is 0 Å². The monoisotopic (exact) mass is 1100 g/mol. The Balaban J connectivity index is 0.000000175. The summed E-state index contributed by atoms with van der Waals surface area (Å²) < 4.78 is 55.1. The summed E-state index contributed by atoms with van der Waals surface area (Å²) in [5.41, 5.74) is 19.3. The summed E-state index contributed by atoms with van der Waals surface area (Å²) in [5, 5.41) is 17.6. The standard InChI is InChI=1S/C28H26FN7O2.C27H25FN6O2.C4H9NO2/c1-17-31-13-18(14-32-17)15-37-23-10-20(29)11-24(12-23)38-22-8-6-21(7-9-22)36-27-26(33-16-34-28(27)30)25(35-36)19-4-2-3-5-19;1-17-31-14-18(15-32-17)16-35-23-11-20(28)12-24(13-23)36-22-9-7-21(8-10-22)34-27(30-2)25(29)26(33-34)19-5-3-4-6-19;1-5(2)3-4(6)7/h6-14,16,19H,2-5,15H2,1H3,(H2,30,33,34);7-15,19H,3-6,16,29H2,1H3;3H2,1-2H3,(H,6,7). The van der Waals surface area contributed by atoms with Gasteiger partial charge in [0.1, 0.15) is 94.0 Å². The minimum absolute atomic E-state index is 0.111. The first-order valence-corrected chi connectivity index (χ1v) is 26.3. The summed E-state index contributed by atoms with van der Waals surface area (Å²) in [7, 11) is 3.43. The lowest BCUT2D eigenvalue weighted by Gasteiger charge is -2.11. The fourth-order valence-corrected chi connectivity index (χ4v) is 9.41. The Kier molecular flexibility index (Phi) is 17.9. The van der Waals surface area contributed by atoms with Crippen LogP contribution in [-0.2, 0) is 18.0 Å². The zero-order chi connectivity index (χ0) is 57.0. The number of aryl methyl sites for hydroxylation is 2. The van der Waals surface area contributed by atoms with E-state index in [1.165, 1.54) is 43.4 Å². The molecule has 2 saturated carbocycles. The van der Waals surface area contributed by atoms with Crippen molar-refractivity contribution >= 4 is 34.3 Å². The average molecular weight is 1100 g/mol. The second-order valence-corrected chi connectivity index (χ2v) is 19.8. The van der Waals surface area contributed by atoms with Crippen molar-refractivity contribution in [3.8, 4) is 45.9 Å². The van der Waals surface area contributed by atoms with E-state index >= 15 is 0 Å². The van der Waals surface area contributed by atoms with Crippen LogP contribution in [0, 0.1) is 32.1 Å². The Labute approximate surface area is 466 Å². The van der Waals surface area contributed by atoms with Crippen molar-refractivity contribution in [2.45, 2.75) is 90.3 Å². The molecule has 0 atom stereocenters. The van der Waals surface area contributed by atoms with E-state index in [-0.39, 0.29) is 19.8 Å². The van der Waals surface area contributed by atoms with E-state index in [2.05, 4.69) is 39.8 Å². The number of ether oxygens (including phenoxy) is 4. The van der Waals surface area contributed by atoms with E-state index in [9.17, 15) is 13.6 Å². The van der Waals surface area contributed by atoms with Crippen LogP contribution in [0.25, 0.3) is 27.3 Å². The van der Waals surface area contributed by atoms with Gasteiger partial charge >= 0.3 is 5.97 Å². The Morgan fingerprint density at radius 2 is 1.09 bits per heavy atom. The van der Waals surface area contributed by atoms with Gasteiger partial charge in [-0.15, -0.1) is 0 Å². The van der Waals surface area contributed by atoms with E-state index in [1.807, 2.05) is 19.1 Å². The zero-order valence-electron chi connectivity index (χ0n) is 45.2. The molecule has 0 bridgehead atoms. The molecule has 0 unspecified atom stereocenters. The number of carboxylic acid groups (broad SMARTS) is 1. The molecule has 22 heteroatoms. The molecule has 2 aliphatic carbocycles. The highest BCUT2D eigenvalue weighted by atomic mass is 19.1. The summed E-state index contributed by atoms with van der Waals surface area (Å²) >= 11 is 0. The third-order valence-electron chi connectivity index (χ3n) is 13.3. The van der Waals surface area contributed by atoms with Crippen molar-refractivity contribution in [2.75, 3.05) is 32.1 Å². The number of likely N-dealkylation sites (N-methyl/N-ethyl adjacent to an activating group) is 1. The number of rotatable bonds is 16. The minimum atomic E-state index is -0.787. The Morgan fingerprint density at radius 3 is 1.53 bits per heavy atom. The number of halogens is 2. The second kappa shape index (κ2) is 25.9. The zero-order valence-corrected chi connectivity index (χ0v) is 45.2. The van der Waals surface area contributed by atoms with Gasteiger partial charge in [0.25, 0.3) is 5.82 Å². The third-order valence-corrected chi connectivity index (χ3v) is 13.3. The van der Waals surface area contributed by atoms with E-state index in [4.69, 9.17) is 47.2 Å². The van der Waals surface area contributed by atoms with Gasteiger partial charge in [-0.2, -0.15) is 9.78 Å². The van der Waals surface area contributed by atoms with Crippen LogP contribution in [-0.4, -0.2) is 86.1 Å². The summed E-state index contributed by atoms with van der Waals surface area (Å²) in [5.74, 6) is 3.32. The number of aromatic nitrogens is 10. The Morgan fingerprint density at radius 1 is 0.642 bits per heavy atom. The van der Waals surface area contributed by atoms with Crippen molar-refractivity contribution in [3.63, 3.8) is 0 Å². The molecule has 20 nitrogen and oxygen atoms in total. The molecule has 81 heavy (non-hydrogen) atoms. The lowest BCUT2D eigenvalue weighted by molar-refractivity contribution is -0.137. The maximum Gasteiger partial charge on any atom is 0.317 e. The molecule has 0 amide bonds. The van der Waals surface area contributed by atoms with Gasteiger partial charge in [-0.05, 0) is 102 Å². The molecular formula is C59H60F2N14O6. The molecule has 0 aliphatic heterocycles. The van der Waals surface area contributed by atoms with Crippen LogP contribution in [0.5, 0.6) is 34.5 Å². The predicted molar refractivity (Wildman–Crippen MR) is 299 cm³/mol. The van der Waals surface area contributed by atoms with Crippen molar-refractivity contribution in [3.05, 3.63) is 173 Å². The molecule has 4 aromatic carbocycles. The van der Waals surface area contributed by atoms with E-state index in [0.29, 0.717) is 86.5 Å². The third kappa shape index (κ3) is 14.6. The van der Waals surface area contributed by atoms with Crippen LogP contribution in [0.3, 0.4) is 0 Å². The molecule has 5 N–H and O–H groups in total. The summed E-state index contributed by atoms with van der Waals surface area (Å²) in [6.07, 6.45) is 17.2. The van der Waals surface area contributed by atoms with Crippen molar-refractivity contribution in [1.82, 2.24) is 54.4 Å². The van der Waals surface area contributed by atoms with Gasteiger partial charge in [-0.3, -0.25) is 9.69 Å². The normalized spacial score (nSPS) is 13.3. The first-order valence-electron chi connectivity index (χ1n) is 26.3. The van der Waals surface area contributed by atoms with Crippen molar-refractivity contribution in [1.29, 1.82) is 0 Å². The number of nitrogens with two attached hydrogens (primary N) is 2. The van der Waals surface area contributed by atoms with Crippen LogP contribution in [0.2, 0.25) is 0 Å². The number of carbonyl (C=O) groups is 1. The van der Waals surface area contributed by atoms with Gasteiger partial charge in [0, 0.05) is 84.1 Å². The minimum Gasteiger partial charge on any atom is -0.489 e. The highest BCUT2D eigenvalue weighted by molar-refractivity contribution is 5.88. The number of hydrogen-bond acceptors (Lipinski definition) is 16. The first kappa shape index (κ1) is 56.1. The average Bonchev–Trinajstić information content (AvgIpc) is 4.28. The number of carboxylic acids is 1. The van der Waals surface area contributed by atoms with E-state index in [1.54, 1.807) is 109 Å². The Bertz CT molecular complexity index is 3640. The quantitative estimate of drug-likeness (QED) is 0.0761. The molecule has 2 aliphatic rings. The lowest BCUT2D eigenvalue weighted by Crippen LogP contribution is -2.20. The topological polar surface area (TPSA) is 247 Å². The van der Waals surface area contributed by atoms with Gasteiger partial charge in [0.2, 0.25) is 0 Å². The van der Waals surface area contributed by atoms with Crippen LogP contribution in [0.4, 0.5) is 26.1 Å². The van der Waals surface area contributed by atoms with Gasteiger partial charge < -0.3 is 40.4 Å². The van der Waals surface area contributed by atoms with E-state index < -0.39 is 17.6 Å². The summed E-state index contributed by atoms with van der Waals surface area (Å²) in [6, 6.07) is 22.9. The summed E-state index contributed by atoms with van der Waals surface area (Å²) in [6.45, 7) is 11.7. The number of nitrogen functional groups attached to an aromatic ring is 2. The number of nitrogens with zero attached hydrogens (tertiary/aromatic N) is 12. The van der Waals surface area contributed by atoms with Gasteiger partial charge in [0.05, 0.1) is 29.3 Å². The smallest absolute Gasteiger partial charge is 0.317 e. The van der Waals surface area contributed by atoms with Gasteiger partial charge in [-0.25, -0.2) is 43.4 Å². The van der Waals surface area contributed by atoms with Crippen molar-refractivity contribution in [2.24, 2.45) is 0 Å². The molecule has 416 valence electrons. The first-order chi connectivity index (χ1) is 39.2. The molecule has 11 rings (SSSR count). The largest absolute Gasteiger partial charge is 0.489 e. The fraction of sp³-hybridized carbons (Fsp3) is 0.288. The van der Waals surface area contributed by atoms with E-state index in [0.717, 1.165) is 72.2 Å². The summed E-state index contributed by atoms with van der Waals surface area (Å²) in [4.78, 5) is 40.2. The Hall–Kier alpha value is -9.62. The molecule has 5 heterocycles. The molecule has 2 fully saturated rings. The molecule has 9 aromatic rings. The fourth-order valence-electron chi connectivity index (χ4n) is 9.41. The number of hydrogen-bond donors (Lipinski definition) is 3. The maximum absolute atomic E-state index is 14.3. The highest BCUT2D eigenvalue weighted by Gasteiger charge is 2.28. The predicted octanol–water partition coefficient (Wildman–Crippen LogP) is 11.6. The SMILES string of the molecule is CN(C)CC(=O)O.Cc1ncc(COc2cc(F)cc(Oc3ccc(-n4nc(C5CCCC5)c5ncnc(N)c54)cc3)c2)cn1.[C-]#[N+]c1c(N)c(C2CCCC2)nn1-c1ccc(Oc2cc(F)cc(OCc3cnc(C)nc3)c2)cc1. The van der Waals surface area contributed by atoms with Crippen molar-refractivity contribution < 1.29 is 37.6 Å². The maximum atomic E-state index is 14.3. The van der Waals surface area contributed by atoms with Gasteiger partial charge in [0.15, 0.2) is 5.82 Å². The number of anilines is 2. The molecular weight excluding hydrogens is 1040 g/mol. The number of fused-ring (bicyclic) bond motifs is 1. The lowest BCUT2D eigenvalue weighted by atomic mass is 10.0. The van der Waals surface area contributed by atoms with Crippen LogP contribution in [0.1, 0.15) is 97.4 Å². The molecule has 0 saturated heterocycles. The number of aliphatic carboxylic acids is 1. The van der Waals surface area contributed by atoms with Crippen LogP contribution < -0.4 is 30.4 Å². The molecule has 0 radical (unpaired) electrons.